The number of amides is 1. The van der Waals surface area contributed by atoms with Gasteiger partial charge in [-0.2, -0.15) is 4.98 Å². The zero-order valence-corrected chi connectivity index (χ0v) is 17.6. The molecule has 0 saturated heterocycles. The second-order valence-electron chi connectivity index (χ2n) is 7.28. The molecular weight excluding hydrogens is 366 g/mol. The molecule has 1 aromatic heterocycles. The lowest BCUT2D eigenvalue weighted by molar-refractivity contribution is -0.138. The van der Waals surface area contributed by atoms with Gasteiger partial charge >= 0.3 is 0 Å². The van der Waals surface area contributed by atoms with Gasteiger partial charge in [-0.3, -0.25) is 4.79 Å². The molecule has 6 nitrogen and oxygen atoms in total. The van der Waals surface area contributed by atoms with Crippen LogP contribution in [-0.4, -0.2) is 34.1 Å². The monoisotopic (exact) mass is 393 g/mol. The molecule has 1 heterocycles. The summed E-state index contributed by atoms with van der Waals surface area (Å²) in [5.41, 5.74) is 4.22. The maximum atomic E-state index is 12.9. The Bertz CT molecular complexity index is 979. The molecule has 0 N–H and O–H groups in total. The predicted molar refractivity (Wildman–Crippen MR) is 112 cm³/mol. The summed E-state index contributed by atoms with van der Waals surface area (Å²) in [4.78, 5) is 18.9. The highest BCUT2D eigenvalue weighted by molar-refractivity contribution is 5.81. The molecule has 29 heavy (non-hydrogen) atoms. The summed E-state index contributed by atoms with van der Waals surface area (Å²) < 4.78 is 11.4. The predicted octanol–water partition coefficient (Wildman–Crippen LogP) is 4.48. The molecule has 0 saturated carbocycles. The smallest absolute Gasteiger partial charge is 0.263 e. The van der Waals surface area contributed by atoms with Gasteiger partial charge in [-0.1, -0.05) is 54.0 Å². The van der Waals surface area contributed by atoms with Gasteiger partial charge in [0.15, 0.2) is 6.10 Å². The Labute approximate surface area is 171 Å². The Balaban J connectivity index is 1.67. The van der Waals surface area contributed by atoms with Crippen LogP contribution in [0.3, 0.4) is 0 Å². The van der Waals surface area contributed by atoms with E-state index < -0.39 is 6.10 Å². The van der Waals surface area contributed by atoms with Gasteiger partial charge in [0.2, 0.25) is 11.7 Å². The molecule has 0 aliphatic carbocycles. The van der Waals surface area contributed by atoms with E-state index >= 15 is 0 Å². The minimum absolute atomic E-state index is 0.122. The molecule has 0 aliphatic rings. The summed E-state index contributed by atoms with van der Waals surface area (Å²) >= 11 is 0. The zero-order chi connectivity index (χ0) is 21.0. The van der Waals surface area contributed by atoms with Crippen molar-refractivity contribution in [3.63, 3.8) is 0 Å². The van der Waals surface area contributed by atoms with Crippen LogP contribution in [0.15, 0.2) is 47.0 Å². The Morgan fingerprint density at radius 2 is 1.86 bits per heavy atom. The number of rotatable bonds is 7. The van der Waals surface area contributed by atoms with E-state index in [0.717, 1.165) is 28.0 Å². The van der Waals surface area contributed by atoms with Crippen molar-refractivity contribution in [1.29, 1.82) is 0 Å². The van der Waals surface area contributed by atoms with Crippen molar-refractivity contribution in [1.82, 2.24) is 15.0 Å². The first kappa shape index (κ1) is 20.6. The van der Waals surface area contributed by atoms with E-state index in [2.05, 4.69) is 10.1 Å². The van der Waals surface area contributed by atoms with Crippen molar-refractivity contribution in [2.45, 2.75) is 46.8 Å². The van der Waals surface area contributed by atoms with Crippen LogP contribution in [0.1, 0.15) is 35.9 Å². The molecule has 0 aliphatic heterocycles. The number of carbonyl (C=O) groups excluding carboxylic acids is 1. The Kier molecular flexibility index (Phi) is 6.32. The van der Waals surface area contributed by atoms with Crippen LogP contribution in [0.2, 0.25) is 0 Å². The standard InChI is InChI=1S/C23H27N3O3/c1-6-19(28-20-9-7-8-16(3)17(20)4)23(27)26(5)14-21-24-22(25-29-21)18-12-10-15(2)11-13-18/h7-13,19H,6,14H2,1-5H3. The topological polar surface area (TPSA) is 68.5 Å². The molecule has 0 radical (unpaired) electrons. The van der Waals surface area contributed by atoms with Crippen LogP contribution < -0.4 is 4.74 Å². The summed E-state index contributed by atoms with van der Waals surface area (Å²) in [7, 11) is 1.72. The zero-order valence-electron chi connectivity index (χ0n) is 17.6. The lowest BCUT2D eigenvalue weighted by Crippen LogP contribution is -2.39. The van der Waals surface area contributed by atoms with Gasteiger partial charge in [0, 0.05) is 12.6 Å². The fraction of sp³-hybridized carbons (Fsp3) is 0.348. The maximum Gasteiger partial charge on any atom is 0.263 e. The largest absolute Gasteiger partial charge is 0.480 e. The van der Waals surface area contributed by atoms with Gasteiger partial charge in [-0.25, -0.2) is 0 Å². The van der Waals surface area contributed by atoms with E-state index in [1.165, 1.54) is 0 Å². The molecule has 0 fully saturated rings. The third kappa shape index (κ3) is 4.83. The van der Waals surface area contributed by atoms with Crippen LogP contribution >= 0.6 is 0 Å². The first-order valence-corrected chi connectivity index (χ1v) is 9.76. The SMILES string of the molecule is CCC(Oc1cccc(C)c1C)C(=O)N(C)Cc1nc(-c2ccc(C)cc2)no1. The first-order valence-electron chi connectivity index (χ1n) is 9.76. The van der Waals surface area contributed by atoms with Crippen molar-refractivity contribution >= 4 is 5.91 Å². The van der Waals surface area contributed by atoms with Gasteiger partial charge in [0.1, 0.15) is 5.75 Å². The highest BCUT2D eigenvalue weighted by Crippen LogP contribution is 2.23. The number of benzene rings is 2. The molecule has 3 aromatic rings. The molecule has 1 unspecified atom stereocenters. The van der Waals surface area contributed by atoms with Crippen molar-refractivity contribution in [3.05, 3.63) is 65.0 Å². The number of aromatic nitrogens is 2. The molecule has 0 bridgehead atoms. The number of hydrogen-bond donors (Lipinski definition) is 0. The molecule has 6 heteroatoms. The van der Waals surface area contributed by atoms with E-state index in [-0.39, 0.29) is 12.5 Å². The number of aryl methyl sites for hydroxylation is 2. The lowest BCUT2D eigenvalue weighted by atomic mass is 10.1. The van der Waals surface area contributed by atoms with Crippen molar-refractivity contribution in [2.24, 2.45) is 0 Å². The summed E-state index contributed by atoms with van der Waals surface area (Å²) in [5, 5.41) is 4.03. The molecular formula is C23H27N3O3. The van der Waals surface area contributed by atoms with Crippen molar-refractivity contribution in [2.75, 3.05) is 7.05 Å². The quantitative estimate of drug-likeness (QED) is 0.592. The van der Waals surface area contributed by atoms with E-state index in [1.54, 1.807) is 11.9 Å². The average Bonchev–Trinajstić information content (AvgIpc) is 3.17. The third-order valence-electron chi connectivity index (χ3n) is 5.00. The minimum Gasteiger partial charge on any atom is -0.480 e. The highest BCUT2D eigenvalue weighted by atomic mass is 16.5. The second-order valence-corrected chi connectivity index (χ2v) is 7.28. The molecule has 1 atom stereocenters. The Morgan fingerprint density at radius 3 is 2.55 bits per heavy atom. The van der Waals surface area contributed by atoms with E-state index in [1.807, 2.05) is 70.2 Å². The normalized spacial score (nSPS) is 11.9. The van der Waals surface area contributed by atoms with Gasteiger partial charge in [0.25, 0.3) is 5.91 Å². The number of nitrogens with zero attached hydrogens (tertiary/aromatic N) is 3. The summed E-state index contributed by atoms with van der Waals surface area (Å²) in [6.07, 6.45) is -0.00496. The summed E-state index contributed by atoms with van der Waals surface area (Å²) in [6, 6.07) is 13.7. The van der Waals surface area contributed by atoms with E-state index in [4.69, 9.17) is 9.26 Å². The fourth-order valence-corrected chi connectivity index (χ4v) is 2.98. The van der Waals surface area contributed by atoms with Gasteiger partial charge in [-0.15, -0.1) is 0 Å². The summed E-state index contributed by atoms with van der Waals surface area (Å²) in [5.74, 6) is 1.51. The van der Waals surface area contributed by atoms with E-state index in [0.29, 0.717) is 18.1 Å². The van der Waals surface area contributed by atoms with Gasteiger partial charge < -0.3 is 14.2 Å². The molecule has 2 aromatic carbocycles. The molecule has 0 spiro atoms. The molecule has 152 valence electrons. The number of likely N-dealkylation sites (N-methyl/N-ethyl adjacent to an activating group) is 1. The van der Waals surface area contributed by atoms with Crippen LogP contribution in [-0.2, 0) is 11.3 Å². The van der Waals surface area contributed by atoms with Crippen LogP contribution in [0, 0.1) is 20.8 Å². The second kappa shape index (κ2) is 8.90. The summed E-state index contributed by atoms with van der Waals surface area (Å²) in [6.45, 7) is 8.21. The van der Waals surface area contributed by atoms with Crippen LogP contribution in [0.5, 0.6) is 5.75 Å². The lowest BCUT2D eigenvalue weighted by Gasteiger charge is -2.23. The number of hydrogen-bond acceptors (Lipinski definition) is 5. The molecule has 1 amide bonds. The van der Waals surface area contributed by atoms with Crippen molar-refractivity contribution in [3.8, 4) is 17.1 Å². The number of carbonyl (C=O) groups is 1. The van der Waals surface area contributed by atoms with Gasteiger partial charge in [-0.05, 0) is 44.4 Å². The molecule has 3 rings (SSSR count). The van der Waals surface area contributed by atoms with Crippen molar-refractivity contribution < 1.29 is 14.1 Å². The van der Waals surface area contributed by atoms with Crippen LogP contribution in [0.25, 0.3) is 11.4 Å². The average molecular weight is 393 g/mol. The van der Waals surface area contributed by atoms with Crippen LogP contribution in [0.4, 0.5) is 0 Å². The third-order valence-corrected chi connectivity index (χ3v) is 5.00. The minimum atomic E-state index is -0.569. The number of ether oxygens (including phenoxy) is 1. The first-order chi connectivity index (χ1) is 13.9. The Morgan fingerprint density at radius 1 is 1.14 bits per heavy atom. The Hall–Kier alpha value is -3.15. The maximum absolute atomic E-state index is 12.9. The van der Waals surface area contributed by atoms with E-state index in [9.17, 15) is 4.79 Å². The van der Waals surface area contributed by atoms with Gasteiger partial charge in [0.05, 0.1) is 6.54 Å². The highest BCUT2D eigenvalue weighted by Gasteiger charge is 2.24. The fourth-order valence-electron chi connectivity index (χ4n) is 2.98.